The third-order valence-electron chi connectivity index (χ3n) is 6.11. The Morgan fingerprint density at radius 2 is 1.81 bits per heavy atom. The number of allylic oxidation sites excluding steroid dienone is 5. The zero-order valence-corrected chi connectivity index (χ0v) is 16.0. The summed E-state index contributed by atoms with van der Waals surface area (Å²) in [6.07, 6.45) is 18.3. The van der Waals surface area contributed by atoms with Gasteiger partial charge in [0.15, 0.2) is 0 Å². The highest BCUT2D eigenvalue weighted by atomic mass is 15.2. The monoisotopic (exact) mass is 348 g/mol. The fraction of sp³-hybridized carbons (Fsp3) is 0.458. The highest BCUT2D eigenvalue weighted by molar-refractivity contribution is 5.74. The molecule has 0 aromatic carbocycles. The van der Waals surface area contributed by atoms with Crippen LogP contribution in [0.1, 0.15) is 44.9 Å². The normalized spacial score (nSPS) is 26.9. The summed E-state index contributed by atoms with van der Waals surface area (Å²) in [7, 11) is 0. The Kier molecular flexibility index (Phi) is 6.13. The lowest BCUT2D eigenvalue weighted by Gasteiger charge is -2.48. The summed E-state index contributed by atoms with van der Waals surface area (Å²) in [4.78, 5) is 7.43. The van der Waals surface area contributed by atoms with Gasteiger partial charge in [0.1, 0.15) is 0 Å². The number of likely N-dealkylation sites (tertiary alicyclic amines) is 1. The Bertz CT molecular complexity index is 676. The van der Waals surface area contributed by atoms with E-state index in [1.165, 1.54) is 31.3 Å². The Hall–Kier alpha value is -2.09. The van der Waals surface area contributed by atoms with E-state index in [-0.39, 0.29) is 0 Å². The molecule has 0 saturated carbocycles. The second-order valence-electron chi connectivity index (χ2n) is 7.73. The summed E-state index contributed by atoms with van der Waals surface area (Å²) in [5.41, 5.74) is 5.28. The minimum Gasteiger partial charge on any atom is -0.371 e. The predicted octanol–water partition coefficient (Wildman–Crippen LogP) is 5.78. The minimum absolute atomic E-state index is 0.359. The van der Waals surface area contributed by atoms with Crippen LogP contribution in [-0.2, 0) is 0 Å². The highest BCUT2D eigenvalue weighted by Crippen LogP contribution is 2.44. The molecule has 3 atom stereocenters. The first-order chi connectivity index (χ1) is 12.6. The van der Waals surface area contributed by atoms with Gasteiger partial charge in [0, 0.05) is 24.5 Å². The van der Waals surface area contributed by atoms with Crippen molar-refractivity contribution in [2.75, 3.05) is 6.54 Å². The van der Waals surface area contributed by atoms with Crippen LogP contribution in [0, 0.1) is 5.92 Å². The maximum atomic E-state index is 4.74. The summed E-state index contributed by atoms with van der Waals surface area (Å²) in [5.74, 6) is 0.690. The lowest BCUT2D eigenvalue weighted by Crippen LogP contribution is -2.45. The van der Waals surface area contributed by atoms with Crippen LogP contribution in [0.5, 0.6) is 0 Å². The SMILES string of the molecule is C=CC(=C)CCC1CCC2CCC3N=CC=CC3=C2N1CCC(=C)C=C. The van der Waals surface area contributed by atoms with Gasteiger partial charge in [-0.05, 0) is 62.5 Å². The molecular weight excluding hydrogens is 316 g/mol. The van der Waals surface area contributed by atoms with Crippen LogP contribution < -0.4 is 0 Å². The van der Waals surface area contributed by atoms with Crippen molar-refractivity contribution in [2.45, 2.75) is 57.0 Å². The molecule has 2 heteroatoms. The maximum absolute atomic E-state index is 4.74. The van der Waals surface area contributed by atoms with Gasteiger partial charge in [-0.15, -0.1) is 0 Å². The Balaban J connectivity index is 1.87. The number of hydrogen-bond acceptors (Lipinski definition) is 2. The van der Waals surface area contributed by atoms with Crippen molar-refractivity contribution in [3.8, 4) is 0 Å². The average Bonchev–Trinajstić information content (AvgIpc) is 2.69. The lowest BCUT2D eigenvalue weighted by molar-refractivity contribution is 0.142. The number of hydrogen-bond donors (Lipinski definition) is 0. The number of piperidine rings is 1. The number of rotatable bonds is 8. The zero-order valence-electron chi connectivity index (χ0n) is 16.0. The predicted molar refractivity (Wildman–Crippen MR) is 113 cm³/mol. The highest BCUT2D eigenvalue weighted by Gasteiger charge is 2.38. The van der Waals surface area contributed by atoms with Gasteiger partial charge in [-0.3, -0.25) is 4.99 Å². The molecule has 138 valence electrons. The summed E-state index contributed by atoms with van der Waals surface area (Å²) in [6.45, 7) is 17.0. The second kappa shape index (κ2) is 8.53. The van der Waals surface area contributed by atoms with Gasteiger partial charge in [-0.2, -0.15) is 0 Å². The number of fused-ring (bicyclic) bond motifs is 2. The van der Waals surface area contributed by atoms with Gasteiger partial charge in [0.25, 0.3) is 0 Å². The molecule has 2 heterocycles. The lowest BCUT2D eigenvalue weighted by atomic mass is 9.75. The molecule has 26 heavy (non-hydrogen) atoms. The van der Waals surface area contributed by atoms with Gasteiger partial charge in [-0.25, -0.2) is 0 Å². The van der Waals surface area contributed by atoms with Gasteiger partial charge in [-0.1, -0.05) is 55.7 Å². The van der Waals surface area contributed by atoms with Crippen molar-refractivity contribution in [3.63, 3.8) is 0 Å². The van der Waals surface area contributed by atoms with Crippen LogP contribution in [0.3, 0.4) is 0 Å². The van der Waals surface area contributed by atoms with Crippen molar-refractivity contribution >= 4 is 6.21 Å². The maximum Gasteiger partial charge on any atom is 0.0766 e. The van der Waals surface area contributed by atoms with Crippen LogP contribution in [0.25, 0.3) is 0 Å². The van der Waals surface area contributed by atoms with E-state index in [9.17, 15) is 0 Å². The molecular formula is C24H32N2. The van der Waals surface area contributed by atoms with E-state index in [0.29, 0.717) is 18.0 Å². The molecule has 0 radical (unpaired) electrons. The van der Waals surface area contributed by atoms with Gasteiger partial charge in [0.2, 0.25) is 0 Å². The molecule has 1 fully saturated rings. The molecule has 2 nitrogen and oxygen atoms in total. The fourth-order valence-corrected chi connectivity index (χ4v) is 4.56. The third-order valence-corrected chi connectivity index (χ3v) is 6.11. The molecule has 1 saturated heterocycles. The standard InChI is InChI=1S/C24H32N2/c1-5-18(3)9-12-21-13-10-20-11-14-23-22(8-7-16-25-23)24(20)26(21)17-15-19(4)6-2/h5-8,16,20-21,23H,1-4,9-15,17H2. The quantitative estimate of drug-likeness (QED) is 0.508. The van der Waals surface area contributed by atoms with E-state index >= 15 is 0 Å². The van der Waals surface area contributed by atoms with Crippen LogP contribution >= 0.6 is 0 Å². The van der Waals surface area contributed by atoms with Gasteiger partial charge < -0.3 is 4.90 Å². The van der Waals surface area contributed by atoms with Gasteiger partial charge in [0.05, 0.1) is 6.04 Å². The van der Waals surface area contributed by atoms with E-state index in [1.807, 2.05) is 18.4 Å². The molecule has 0 amide bonds. The van der Waals surface area contributed by atoms with Crippen LogP contribution in [0.2, 0.25) is 0 Å². The largest absolute Gasteiger partial charge is 0.371 e. The number of aliphatic imine (C=N–C) groups is 1. The summed E-state index contributed by atoms with van der Waals surface area (Å²) in [5, 5.41) is 0. The van der Waals surface area contributed by atoms with E-state index in [2.05, 4.69) is 43.4 Å². The molecule has 0 aromatic heterocycles. The molecule has 1 aliphatic carbocycles. The number of nitrogens with zero attached hydrogens (tertiary/aromatic N) is 2. The molecule has 3 unspecified atom stereocenters. The van der Waals surface area contributed by atoms with Crippen molar-refractivity contribution in [1.82, 2.24) is 4.90 Å². The summed E-state index contributed by atoms with van der Waals surface area (Å²) in [6, 6.07) is 0.930. The topological polar surface area (TPSA) is 15.6 Å². The minimum atomic E-state index is 0.359. The van der Waals surface area contributed by atoms with E-state index in [1.54, 1.807) is 5.70 Å². The zero-order chi connectivity index (χ0) is 18.5. The first-order valence-electron chi connectivity index (χ1n) is 9.95. The molecule has 0 bridgehead atoms. The summed E-state index contributed by atoms with van der Waals surface area (Å²) >= 11 is 0. The molecule has 2 aliphatic heterocycles. The molecule has 3 rings (SSSR count). The Labute approximate surface area is 159 Å². The smallest absolute Gasteiger partial charge is 0.0766 e. The van der Waals surface area contributed by atoms with Crippen LogP contribution in [0.4, 0.5) is 0 Å². The van der Waals surface area contributed by atoms with Crippen LogP contribution in [0.15, 0.2) is 78.0 Å². The van der Waals surface area contributed by atoms with Crippen molar-refractivity contribution in [2.24, 2.45) is 10.9 Å². The molecule has 0 spiro atoms. The second-order valence-corrected chi connectivity index (χ2v) is 7.73. The molecule has 0 aromatic rings. The first-order valence-corrected chi connectivity index (χ1v) is 9.95. The van der Waals surface area contributed by atoms with Crippen molar-refractivity contribution < 1.29 is 0 Å². The molecule has 0 N–H and O–H groups in total. The van der Waals surface area contributed by atoms with Crippen LogP contribution in [-0.4, -0.2) is 29.7 Å². The Morgan fingerprint density at radius 3 is 2.58 bits per heavy atom. The molecule has 3 aliphatic rings. The number of dihydropyridines is 1. The van der Waals surface area contributed by atoms with Gasteiger partial charge >= 0.3 is 0 Å². The van der Waals surface area contributed by atoms with E-state index in [4.69, 9.17) is 4.99 Å². The third kappa shape index (κ3) is 4.00. The first kappa shape index (κ1) is 18.7. The van der Waals surface area contributed by atoms with E-state index in [0.717, 1.165) is 37.0 Å². The van der Waals surface area contributed by atoms with E-state index < -0.39 is 0 Å². The fourth-order valence-electron chi connectivity index (χ4n) is 4.56. The average molecular weight is 349 g/mol. The summed E-state index contributed by atoms with van der Waals surface area (Å²) < 4.78 is 0. The van der Waals surface area contributed by atoms with Crippen molar-refractivity contribution in [1.29, 1.82) is 0 Å². The van der Waals surface area contributed by atoms with Crippen molar-refractivity contribution in [3.05, 3.63) is 73.0 Å². The Morgan fingerprint density at radius 1 is 1.08 bits per heavy atom.